The summed E-state index contributed by atoms with van der Waals surface area (Å²) in [5.41, 5.74) is 1.72. The maximum Gasteiger partial charge on any atom is 0.321 e. The van der Waals surface area contributed by atoms with Crippen molar-refractivity contribution in [2.45, 2.75) is 26.7 Å². The fourth-order valence-corrected chi connectivity index (χ4v) is 2.78. The smallest absolute Gasteiger partial charge is 0.321 e. The van der Waals surface area contributed by atoms with Crippen LogP contribution in [0.25, 0.3) is 0 Å². The molecule has 4 heteroatoms. The van der Waals surface area contributed by atoms with Gasteiger partial charge in [0.05, 0.1) is 11.6 Å². The van der Waals surface area contributed by atoms with Crippen LogP contribution in [0.5, 0.6) is 0 Å². The van der Waals surface area contributed by atoms with E-state index in [1.807, 2.05) is 19.9 Å². The molecular weight excluding hydrogens is 324 g/mol. The Morgan fingerprint density at radius 1 is 1.04 bits per heavy atom. The van der Waals surface area contributed by atoms with Gasteiger partial charge in [0, 0.05) is 5.56 Å². The van der Waals surface area contributed by atoms with Gasteiger partial charge in [-0.1, -0.05) is 67.9 Å². The number of hydrogen-bond acceptors (Lipinski definition) is 3. The van der Waals surface area contributed by atoms with Crippen LogP contribution in [0.2, 0.25) is 5.02 Å². The minimum Gasteiger partial charge on any atom is -0.465 e. The number of hydrogen-bond donors (Lipinski definition) is 0. The number of ether oxygens (including phenoxy) is 1. The maximum absolute atomic E-state index is 13.1. The molecule has 0 radical (unpaired) electrons. The number of esters is 1. The highest BCUT2D eigenvalue weighted by Gasteiger charge is 2.32. The third kappa shape index (κ3) is 4.24. The predicted molar refractivity (Wildman–Crippen MR) is 95.5 cm³/mol. The van der Waals surface area contributed by atoms with Gasteiger partial charge >= 0.3 is 5.97 Å². The second-order valence-electron chi connectivity index (χ2n) is 6.16. The molecule has 0 fully saturated rings. The highest BCUT2D eigenvalue weighted by Crippen LogP contribution is 2.28. The summed E-state index contributed by atoms with van der Waals surface area (Å²) in [6.45, 7) is 5.98. The van der Waals surface area contributed by atoms with E-state index in [0.29, 0.717) is 16.1 Å². The first-order chi connectivity index (χ1) is 11.4. The first-order valence-electron chi connectivity index (χ1n) is 7.92. The van der Waals surface area contributed by atoms with E-state index in [0.717, 1.165) is 5.56 Å². The van der Waals surface area contributed by atoms with Gasteiger partial charge < -0.3 is 4.74 Å². The molecule has 0 N–H and O–H groups in total. The summed E-state index contributed by atoms with van der Waals surface area (Å²) in [4.78, 5) is 25.7. The topological polar surface area (TPSA) is 43.4 Å². The minimum absolute atomic E-state index is 0.197. The summed E-state index contributed by atoms with van der Waals surface area (Å²) >= 11 is 6.22. The lowest BCUT2D eigenvalue weighted by Crippen LogP contribution is -2.26. The van der Waals surface area contributed by atoms with Crippen LogP contribution < -0.4 is 0 Å². The Morgan fingerprint density at radius 2 is 1.71 bits per heavy atom. The van der Waals surface area contributed by atoms with Crippen molar-refractivity contribution < 1.29 is 14.3 Å². The molecule has 0 aliphatic rings. The van der Waals surface area contributed by atoms with E-state index in [4.69, 9.17) is 16.3 Å². The Labute approximate surface area is 147 Å². The third-order valence-electron chi connectivity index (χ3n) is 3.66. The van der Waals surface area contributed by atoms with E-state index in [1.54, 1.807) is 49.4 Å². The van der Waals surface area contributed by atoms with E-state index in [-0.39, 0.29) is 18.3 Å². The summed E-state index contributed by atoms with van der Waals surface area (Å²) in [5.74, 6) is -1.69. The normalized spacial score (nSPS) is 12.0. The molecule has 2 aromatic rings. The van der Waals surface area contributed by atoms with E-state index in [9.17, 15) is 9.59 Å². The zero-order chi connectivity index (χ0) is 17.7. The highest BCUT2D eigenvalue weighted by atomic mass is 35.5. The molecule has 0 aromatic heterocycles. The zero-order valence-corrected chi connectivity index (χ0v) is 14.8. The summed E-state index contributed by atoms with van der Waals surface area (Å²) in [6.07, 6.45) is 0. The number of Topliss-reactive ketones (excluding diaryl/α,β-unsaturated/α-hetero) is 1. The van der Waals surface area contributed by atoms with Gasteiger partial charge in [-0.15, -0.1) is 0 Å². The van der Waals surface area contributed by atoms with E-state index in [1.165, 1.54) is 0 Å². The largest absolute Gasteiger partial charge is 0.465 e. The summed E-state index contributed by atoms with van der Waals surface area (Å²) in [5, 5.41) is 0.345. The molecule has 0 saturated heterocycles. The standard InChI is InChI=1S/C20H21ClO3/c1-13(2)12-24-20(23)18(15-9-5-4-6-10-15)19(22)17-14(3)8-7-11-16(17)21/h4-11,13,18H,12H2,1-3H3. The summed E-state index contributed by atoms with van der Waals surface area (Å²) in [6, 6.07) is 14.2. The van der Waals surface area contributed by atoms with Crippen LogP contribution in [-0.4, -0.2) is 18.4 Å². The van der Waals surface area contributed by atoms with Gasteiger partial charge in [0.15, 0.2) is 5.78 Å². The monoisotopic (exact) mass is 344 g/mol. The molecule has 1 atom stereocenters. The molecule has 0 bridgehead atoms. The van der Waals surface area contributed by atoms with Crippen molar-refractivity contribution >= 4 is 23.4 Å². The fourth-order valence-electron chi connectivity index (χ4n) is 2.46. The highest BCUT2D eigenvalue weighted by molar-refractivity contribution is 6.35. The van der Waals surface area contributed by atoms with Crippen LogP contribution >= 0.6 is 11.6 Å². The van der Waals surface area contributed by atoms with Gasteiger partial charge in [-0.2, -0.15) is 0 Å². The van der Waals surface area contributed by atoms with Crippen molar-refractivity contribution in [1.82, 2.24) is 0 Å². The van der Waals surface area contributed by atoms with Crippen molar-refractivity contribution in [2.24, 2.45) is 5.92 Å². The van der Waals surface area contributed by atoms with Crippen LogP contribution in [0.15, 0.2) is 48.5 Å². The fraction of sp³-hybridized carbons (Fsp3) is 0.300. The summed E-state index contributed by atoms with van der Waals surface area (Å²) in [7, 11) is 0. The molecular formula is C20H21ClO3. The lowest BCUT2D eigenvalue weighted by Gasteiger charge is -2.18. The first kappa shape index (κ1) is 18.2. The van der Waals surface area contributed by atoms with Crippen LogP contribution in [0.1, 0.15) is 41.3 Å². The van der Waals surface area contributed by atoms with Crippen molar-refractivity contribution in [2.75, 3.05) is 6.61 Å². The van der Waals surface area contributed by atoms with Crippen LogP contribution in [0, 0.1) is 12.8 Å². The van der Waals surface area contributed by atoms with Gasteiger partial charge in [0.25, 0.3) is 0 Å². The number of rotatable bonds is 6. The molecule has 2 aromatic carbocycles. The van der Waals surface area contributed by atoms with Gasteiger partial charge in [-0.3, -0.25) is 9.59 Å². The molecule has 126 valence electrons. The SMILES string of the molecule is Cc1cccc(Cl)c1C(=O)C(C(=O)OCC(C)C)c1ccccc1. The lowest BCUT2D eigenvalue weighted by atomic mass is 9.89. The number of aryl methyl sites for hydroxylation is 1. The van der Waals surface area contributed by atoms with Crippen molar-refractivity contribution in [1.29, 1.82) is 0 Å². The number of carbonyl (C=O) groups is 2. The number of carbonyl (C=O) groups excluding carboxylic acids is 2. The second-order valence-corrected chi connectivity index (χ2v) is 6.57. The molecule has 24 heavy (non-hydrogen) atoms. The quantitative estimate of drug-likeness (QED) is 0.429. The van der Waals surface area contributed by atoms with Crippen LogP contribution in [0.4, 0.5) is 0 Å². The number of halogens is 1. The molecule has 0 amide bonds. The molecule has 0 aliphatic heterocycles. The average Bonchev–Trinajstić information content (AvgIpc) is 2.54. The molecule has 0 heterocycles. The molecule has 0 saturated carbocycles. The van der Waals surface area contributed by atoms with Gasteiger partial charge in [0.2, 0.25) is 0 Å². The third-order valence-corrected chi connectivity index (χ3v) is 3.97. The average molecular weight is 345 g/mol. The Morgan fingerprint density at radius 3 is 2.29 bits per heavy atom. The lowest BCUT2D eigenvalue weighted by molar-refractivity contribution is -0.145. The molecule has 0 spiro atoms. The van der Waals surface area contributed by atoms with Gasteiger partial charge in [-0.05, 0) is 30.0 Å². The first-order valence-corrected chi connectivity index (χ1v) is 8.30. The Balaban J connectivity index is 2.42. The number of benzene rings is 2. The minimum atomic E-state index is -1.01. The Bertz CT molecular complexity index is 703. The van der Waals surface area contributed by atoms with Crippen molar-refractivity contribution in [3.05, 3.63) is 70.2 Å². The van der Waals surface area contributed by atoms with Crippen molar-refractivity contribution in [3.63, 3.8) is 0 Å². The molecule has 2 rings (SSSR count). The number of ketones is 1. The Kier molecular flexibility index (Phi) is 6.16. The van der Waals surface area contributed by atoms with Gasteiger partial charge in [-0.25, -0.2) is 0 Å². The van der Waals surface area contributed by atoms with E-state index >= 15 is 0 Å². The molecule has 3 nitrogen and oxygen atoms in total. The van der Waals surface area contributed by atoms with E-state index < -0.39 is 11.9 Å². The maximum atomic E-state index is 13.1. The molecule has 0 aliphatic carbocycles. The predicted octanol–water partition coefficient (Wildman–Crippen LogP) is 4.81. The van der Waals surface area contributed by atoms with E-state index in [2.05, 4.69) is 0 Å². The summed E-state index contributed by atoms with van der Waals surface area (Å²) < 4.78 is 5.34. The Hall–Kier alpha value is -2.13. The van der Waals surface area contributed by atoms with Crippen LogP contribution in [-0.2, 0) is 9.53 Å². The van der Waals surface area contributed by atoms with Gasteiger partial charge in [0.1, 0.15) is 5.92 Å². The van der Waals surface area contributed by atoms with Crippen LogP contribution in [0.3, 0.4) is 0 Å². The second kappa shape index (κ2) is 8.11. The zero-order valence-electron chi connectivity index (χ0n) is 14.1. The molecule has 1 unspecified atom stereocenters. The van der Waals surface area contributed by atoms with Crippen molar-refractivity contribution in [3.8, 4) is 0 Å².